The maximum atomic E-state index is 12.3. The van der Waals surface area contributed by atoms with E-state index in [0.717, 1.165) is 11.9 Å². The molecule has 144 valence electrons. The van der Waals surface area contributed by atoms with Gasteiger partial charge in [-0.3, -0.25) is 4.79 Å². The first-order valence-corrected chi connectivity index (χ1v) is 8.36. The Labute approximate surface area is 171 Å². The second kappa shape index (κ2) is 11.1. The maximum Gasteiger partial charge on any atom is 0.406 e. The Hall–Kier alpha value is -0.750. The van der Waals surface area contributed by atoms with Crippen LogP contribution in [-0.2, 0) is 11.3 Å². The zero-order valence-electron chi connectivity index (χ0n) is 14.1. The second-order valence-corrected chi connectivity index (χ2v) is 6.90. The Morgan fingerprint density at radius 1 is 1.32 bits per heavy atom. The Bertz CT molecular complexity index is 583. The van der Waals surface area contributed by atoms with Crippen molar-refractivity contribution in [2.45, 2.75) is 19.6 Å². The summed E-state index contributed by atoms with van der Waals surface area (Å²) in [7, 11) is 2.88. The number of halogens is 5. The van der Waals surface area contributed by atoms with Crippen LogP contribution in [0.1, 0.15) is 11.8 Å². The summed E-state index contributed by atoms with van der Waals surface area (Å²) >= 11 is 7.32. The molecule has 1 N–H and O–H groups in total. The normalized spacial score (nSPS) is 11.7. The number of thiophene rings is 1. The highest BCUT2D eigenvalue weighted by molar-refractivity contribution is 14.0. The van der Waals surface area contributed by atoms with Gasteiger partial charge in [-0.15, -0.1) is 35.3 Å². The number of alkyl halides is 3. The van der Waals surface area contributed by atoms with Crippen LogP contribution < -0.4 is 5.32 Å². The van der Waals surface area contributed by atoms with Gasteiger partial charge in [0, 0.05) is 25.5 Å². The minimum atomic E-state index is -4.42. The zero-order chi connectivity index (χ0) is 18.3. The van der Waals surface area contributed by atoms with Gasteiger partial charge in [0.25, 0.3) is 0 Å². The topological polar surface area (TPSA) is 47.9 Å². The van der Waals surface area contributed by atoms with Gasteiger partial charge in [-0.1, -0.05) is 11.6 Å². The summed E-state index contributed by atoms with van der Waals surface area (Å²) in [5, 5.41) is 3.01. The van der Waals surface area contributed by atoms with Gasteiger partial charge in [0.2, 0.25) is 5.91 Å². The van der Waals surface area contributed by atoms with Crippen LogP contribution in [0.5, 0.6) is 0 Å². The fourth-order valence-electron chi connectivity index (χ4n) is 1.84. The number of nitrogens with one attached hydrogen (secondary N) is 1. The third kappa shape index (κ3) is 9.50. The maximum absolute atomic E-state index is 12.3. The van der Waals surface area contributed by atoms with Crippen molar-refractivity contribution >= 4 is 58.8 Å². The average Bonchev–Trinajstić information content (AvgIpc) is 2.86. The molecule has 1 aromatic rings. The summed E-state index contributed by atoms with van der Waals surface area (Å²) in [5.74, 6) is -0.258. The van der Waals surface area contributed by atoms with Gasteiger partial charge in [0.05, 0.1) is 10.9 Å². The molecule has 25 heavy (non-hydrogen) atoms. The standard InChI is InChI=1S/C14H20ClF3N4OS.HI/c1-4-19-13(21(2)8-10-5-6-11(15)24-10)20-7-12(23)22(3)9-14(16,17)18;/h5-6H,4,7-9H2,1-3H3,(H,19,20);1H. The molecule has 1 aromatic heterocycles. The van der Waals surface area contributed by atoms with E-state index in [0.29, 0.717) is 28.3 Å². The van der Waals surface area contributed by atoms with E-state index in [1.165, 1.54) is 11.3 Å². The van der Waals surface area contributed by atoms with Crippen molar-refractivity contribution in [1.82, 2.24) is 15.1 Å². The first kappa shape index (κ1) is 24.2. The number of carbonyl (C=O) groups is 1. The largest absolute Gasteiger partial charge is 0.406 e. The Morgan fingerprint density at radius 2 is 1.96 bits per heavy atom. The highest BCUT2D eigenvalue weighted by Crippen LogP contribution is 2.22. The van der Waals surface area contributed by atoms with Gasteiger partial charge in [0.15, 0.2) is 5.96 Å². The second-order valence-electron chi connectivity index (χ2n) is 5.10. The van der Waals surface area contributed by atoms with Crippen molar-refractivity contribution in [2.24, 2.45) is 4.99 Å². The molecular weight excluding hydrogens is 492 g/mol. The number of guanidine groups is 1. The fourth-order valence-corrected chi connectivity index (χ4v) is 2.98. The lowest BCUT2D eigenvalue weighted by Gasteiger charge is -2.22. The number of rotatable bonds is 6. The smallest absolute Gasteiger partial charge is 0.357 e. The van der Waals surface area contributed by atoms with E-state index in [2.05, 4.69) is 10.3 Å². The Balaban J connectivity index is 0.00000576. The number of hydrogen-bond acceptors (Lipinski definition) is 3. The quantitative estimate of drug-likeness (QED) is 0.361. The van der Waals surface area contributed by atoms with E-state index in [9.17, 15) is 18.0 Å². The lowest BCUT2D eigenvalue weighted by molar-refractivity contribution is -0.157. The highest BCUT2D eigenvalue weighted by Gasteiger charge is 2.31. The molecule has 0 bridgehead atoms. The van der Waals surface area contributed by atoms with E-state index < -0.39 is 18.6 Å². The van der Waals surface area contributed by atoms with Crippen molar-refractivity contribution in [3.63, 3.8) is 0 Å². The minimum Gasteiger partial charge on any atom is -0.357 e. The lowest BCUT2D eigenvalue weighted by atomic mass is 10.4. The van der Waals surface area contributed by atoms with Gasteiger partial charge in [0.1, 0.15) is 13.1 Å². The van der Waals surface area contributed by atoms with Crippen LogP contribution in [0.4, 0.5) is 13.2 Å². The van der Waals surface area contributed by atoms with Crippen molar-refractivity contribution in [1.29, 1.82) is 0 Å². The van der Waals surface area contributed by atoms with Crippen molar-refractivity contribution in [3.05, 3.63) is 21.3 Å². The average molecular weight is 513 g/mol. The summed E-state index contributed by atoms with van der Waals surface area (Å²) in [4.78, 5) is 19.3. The number of aliphatic imine (C=N–C) groups is 1. The molecule has 0 unspecified atom stereocenters. The van der Waals surface area contributed by atoms with E-state index >= 15 is 0 Å². The molecule has 0 spiro atoms. The van der Waals surface area contributed by atoms with E-state index in [1.807, 2.05) is 13.0 Å². The Kier molecular flexibility index (Phi) is 10.7. The van der Waals surface area contributed by atoms with Crippen molar-refractivity contribution in [2.75, 3.05) is 33.7 Å². The third-order valence-electron chi connectivity index (χ3n) is 2.92. The monoisotopic (exact) mass is 512 g/mol. The van der Waals surface area contributed by atoms with Crippen LogP contribution in [0, 0.1) is 0 Å². The summed E-state index contributed by atoms with van der Waals surface area (Å²) in [6, 6.07) is 3.67. The number of hydrogen-bond donors (Lipinski definition) is 1. The number of likely N-dealkylation sites (N-methyl/N-ethyl adjacent to an activating group) is 1. The molecule has 1 heterocycles. The van der Waals surface area contributed by atoms with Crippen LogP contribution in [0.25, 0.3) is 0 Å². The summed E-state index contributed by atoms with van der Waals surface area (Å²) in [5.41, 5.74) is 0. The highest BCUT2D eigenvalue weighted by atomic mass is 127. The SMILES string of the molecule is CCNC(=NCC(=O)N(C)CC(F)(F)F)N(C)Cc1ccc(Cl)s1.I. The van der Waals surface area contributed by atoms with Crippen molar-refractivity contribution < 1.29 is 18.0 Å². The number of amides is 1. The van der Waals surface area contributed by atoms with Crippen LogP contribution in [-0.4, -0.2) is 61.6 Å². The molecule has 0 saturated carbocycles. The molecule has 1 rings (SSSR count). The molecule has 0 radical (unpaired) electrons. The zero-order valence-corrected chi connectivity index (χ0v) is 18.0. The van der Waals surface area contributed by atoms with Crippen LogP contribution >= 0.6 is 46.9 Å². The van der Waals surface area contributed by atoms with E-state index in [4.69, 9.17) is 11.6 Å². The summed E-state index contributed by atoms with van der Waals surface area (Å²) in [6.07, 6.45) is -4.42. The van der Waals surface area contributed by atoms with E-state index in [1.54, 1.807) is 18.0 Å². The molecule has 0 aliphatic rings. The molecule has 0 aliphatic carbocycles. The molecule has 0 aromatic carbocycles. The predicted molar refractivity (Wildman–Crippen MR) is 106 cm³/mol. The molecule has 11 heteroatoms. The summed E-state index contributed by atoms with van der Waals surface area (Å²) in [6.45, 7) is 1.31. The molecular formula is C14H21ClF3IN4OS. The van der Waals surface area contributed by atoms with Gasteiger partial charge < -0.3 is 15.1 Å². The minimum absolute atomic E-state index is 0. The van der Waals surface area contributed by atoms with Gasteiger partial charge in [-0.2, -0.15) is 13.2 Å². The van der Waals surface area contributed by atoms with Crippen LogP contribution in [0.15, 0.2) is 17.1 Å². The predicted octanol–water partition coefficient (Wildman–Crippen LogP) is 3.44. The van der Waals surface area contributed by atoms with Gasteiger partial charge in [-0.05, 0) is 19.1 Å². The van der Waals surface area contributed by atoms with Gasteiger partial charge >= 0.3 is 6.18 Å². The molecule has 5 nitrogen and oxygen atoms in total. The molecule has 0 aliphatic heterocycles. The molecule has 0 fully saturated rings. The van der Waals surface area contributed by atoms with E-state index in [-0.39, 0.29) is 30.5 Å². The first-order valence-electron chi connectivity index (χ1n) is 7.16. The third-order valence-corrected chi connectivity index (χ3v) is 4.14. The summed E-state index contributed by atoms with van der Waals surface area (Å²) < 4.78 is 37.6. The number of nitrogens with zero attached hydrogens (tertiary/aromatic N) is 3. The van der Waals surface area contributed by atoms with Crippen molar-refractivity contribution in [3.8, 4) is 0 Å². The molecule has 0 saturated heterocycles. The van der Waals surface area contributed by atoms with Gasteiger partial charge in [-0.25, -0.2) is 4.99 Å². The Morgan fingerprint density at radius 3 is 2.44 bits per heavy atom. The fraction of sp³-hybridized carbons (Fsp3) is 0.571. The lowest BCUT2D eigenvalue weighted by Crippen LogP contribution is -2.40. The van der Waals surface area contributed by atoms with Crippen LogP contribution in [0.3, 0.4) is 0 Å². The molecule has 1 amide bonds. The molecule has 0 atom stereocenters. The first-order chi connectivity index (χ1) is 11.1. The van der Waals surface area contributed by atoms with Crippen LogP contribution in [0.2, 0.25) is 4.34 Å². The number of carbonyl (C=O) groups excluding carboxylic acids is 1.